The lowest BCUT2D eigenvalue weighted by Gasteiger charge is -2.21. The molecule has 1 N–H and O–H groups in total. The quantitative estimate of drug-likeness (QED) is 0.862. The fraction of sp³-hybridized carbons (Fsp3) is 0.214. The molecule has 0 aliphatic heterocycles. The summed E-state index contributed by atoms with van der Waals surface area (Å²) in [4.78, 5) is 11.3. The van der Waals surface area contributed by atoms with Crippen LogP contribution in [0.3, 0.4) is 0 Å². The van der Waals surface area contributed by atoms with Crippen LogP contribution < -0.4 is 0 Å². The third-order valence-electron chi connectivity index (χ3n) is 3.06. The van der Waals surface area contributed by atoms with Gasteiger partial charge in [-0.3, -0.25) is 4.79 Å². The van der Waals surface area contributed by atoms with Crippen LogP contribution in [-0.4, -0.2) is 11.1 Å². The lowest BCUT2D eigenvalue weighted by Crippen LogP contribution is -2.28. The van der Waals surface area contributed by atoms with Crippen molar-refractivity contribution in [3.63, 3.8) is 0 Å². The Balaban J connectivity index is 2.83. The van der Waals surface area contributed by atoms with Gasteiger partial charge >= 0.3 is 5.97 Å². The number of carbonyl (C=O) groups is 1. The van der Waals surface area contributed by atoms with E-state index in [1.54, 1.807) is 44.2 Å². The predicted molar refractivity (Wildman–Crippen MR) is 64.6 cm³/mol. The molecule has 2 aromatic carbocycles. The van der Waals surface area contributed by atoms with E-state index >= 15 is 0 Å². The number of aliphatic carboxylic acids is 1. The molecule has 3 heteroatoms. The van der Waals surface area contributed by atoms with Crippen molar-refractivity contribution in [2.75, 3.05) is 0 Å². The molecule has 0 unspecified atom stereocenters. The SMILES string of the molecule is CC(C)(C(=O)O)c1cccc2cccc(F)c12. The molecule has 0 radical (unpaired) electrons. The van der Waals surface area contributed by atoms with Crippen molar-refractivity contribution in [1.82, 2.24) is 0 Å². The minimum atomic E-state index is -1.11. The van der Waals surface area contributed by atoms with E-state index in [1.165, 1.54) is 6.07 Å². The Kier molecular flexibility index (Phi) is 2.62. The van der Waals surface area contributed by atoms with Crippen LogP contribution >= 0.6 is 0 Å². The summed E-state index contributed by atoms with van der Waals surface area (Å²) in [7, 11) is 0. The van der Waals surface area contributed by atoms with E-state index in [-0.39, 0.29) is 5.82 Å². The monoisotopic (exact) mass is 232 g/mol. The van der Waals surface area contributed by atoms with E-state index in [0.717, 1.165) is 5.39 Å². The summed E-state index contributed by atoms with van der Waals surface area (Å²) in [5.74, 6) is -1.35. The van der Waals surface area contributed by atoms with Gasteiger partial charge in [-0.1, -0.05) is 30.3 Å². The van der Waals surface area contributed by atoms with E-state index in [2.05, 4.69) is 0 Å². The van der Waals surface area contributed by atoms with Crippen LogP contribution in [0, 0.1) is 5.82 Å². The first-order chi connectivity index (χ1) is 7.94. The second kappa shape index (κ2) is 3.84. The summed E-state index contributed by atoms with van der Waals surface area (Å²) < 4.78 is 13.8. The number of fused-ring (bicyclic) bond motifs is 1. The minimum absolute atomic E-state index is 0.382. The molecule has 0 amide bonds. The van der Waals surface area contributed by atoms with Crippen LogP contribution in [0.2, 0.25) is 0 Å². The number of carboxylic acids is 1. The molecule has 0 aliphatic carbocycles. The van der Waals surface area contributed by atoms with Gasteiger partial charge in [-0.25, -0.2) is 4.39 Å². The second-order valence-corrected chi connectivity index (χ2v) is 4.57. The lowest BCUT2D eigenvalue weighted by molar-refractivity contribution is -0.142. The highest BCUT2D eigenvalue weighted by molar-refractivity contribution is 5.93. The zero-order valence-corrected chi connectivity index (χ0v) is 9.70. The van der Waals surface area contributed by atoms with Gasteiger partial charge in [0.05, 0.1) is 5.41 Å². The average molecular weight is 232 g/mol. The maximum absolute atomic E-state index is 13.8. The molecule has 88 valence electrons. The maximum Gasteiger partial charge on any atom is 0.313 e. The lowest BCUT2D eigenvalue weighted by atomic mass is 9.82. The molecule has 0 saturated carbocycles. The van der Waals surface area contributed by atoms with Gasteiger partial charge < -0.3 is 5.11 Å². The molecule has 17 heavy (non-hydrogen) atoms. The molecular formula is C14H13FO2. The van der Waals surface area contributed by atoms with Crippen LogP contribution in [-0.2, 0) is 10.2 Å². The van der Waals surface area contributed by atoms with Crippen molar-refractivity contribution in [2.45, 2.75) is 19.3 Å². The molecule has 0 aliphatic rings. The van der Waals surface area contributed by atoms with E-state index in [0.29, 0.717) is 10.9 Å². The number of hydrogen-bond acceptors (Lipinski definition) is 1. The van der Waals surface area contributed by atoms with Crippen molar-refractivity contribution in [1.29, 1.82) is 0 Å². The Hall–Kier alpha value is -1.90. The summed E-state index contributed by atoms with van der Waals surface area (Å²) in [5.41, 5.74) is -0.609. The van der Waals surface area contributed by atoms with Gasteiger partial charge in [-0.2, -0.15) is 0 Å². The van der Waals surface area contributed by atoms with E-state index in [4.69, 9.17) is 0 Å². The van der Waals surface area contributed by atoms with Crippen molar-refractivity contribution in [3.8, 4) is 0 Å². The molecule has 2 aromatic rings. The minimum Gasteiger partial charge on any atom is -0.481 e. The van der Waals surface area contributed by atoms with Crippen LogP contribution in [0.4, 0.5) is 4.39 Å². The molecule has 0 heterocycles. The van der Waals surface area contributed by atoms with E-state index in [9.17, 15) is 14.3 Å². The largest absolute Gasteiger partial charge is 0.481 e. The van der Waals surface area contributed by atoms with Gasteiger partial charge in [0.2, 0.25) is 0 Å². The Morgan fingerprint density at radius 2 is 1.76 bits per heavy atom. The van der Waals surface area contributed by atoms with E-state index < -0.39 is 11.4 Å². The number of carboxylic acid groups (broad SMARTS) is 1. The Morgan fingerprint density at radius 1 is 1.18 bits per heavy atom. The molecule has 2 nitrogen and oxygen atoms in total. The average Bonchev–Trinajstić information content (AvgIpc) is 2.28. The molecule has 2 rings (SSSR count). The zero-order valence-electron chi connectivity index (χ0n) is 9.70. The summed E-state index contributed by atoms with van der Waals surface area (Å²) in [6, 6.07) is 9.94. The first kappa shape index (κ1) is 11.6. The molecule has 0 fully saturated rings. The molecule has 0 atom stereocenters. The van der Waals surface area contributed by atoms with Gasteiger partial charge in [-0.05, 0) is 30.9 Å². The van der Waals surface area contributed by atoms with Crippen LogP contribution in [0.5, 0.6) is 0 Å². The third-order valence-corrected chi connectivity index (χ3v) is 3.06. The molecule has 0 bridgehead atoms. The summed E-state index contributed by atoms with van der Waals surface area (Å²) in [5, 5.41) is 10.3. The molecular weight excluding hydrogens is 219 g/mol. The van der Waals surface area contributed by atoms with Crippen molar-refractivity contribution in [2.24, 2.45) is 0 Å². The van der Waals surface area contributed by atoms with Crippen molar-refractivity contribution < 1.29 is 14.3 Å². The fourth-order valence-corrected chi connectivity index (χ4v) is 1.93. The first-order valence-corrected chi connectivity index (χ1v) is 5.35. The number of hydrogen-bond donors (Lipinski definition) is 1. The Morgan fingerprint density at radius 3 is 2.35 bits per heavy atom. The number of halogens is 1. The van der Waals surface area contributed by atoms with Gasteiger partial charge in [0.15, 0.2) is 0 Å². The molecule has 0 aromatic heterocycles. The Bertz CT molecular complexity index is 583. The predicted octanol–water partition coefficient (Wildman–Crippen LogP) is 3.34. The summed E-state index contributed by atoms with van der Waals surface area (Å²) in [6.07, 6.45) is 0. The standard InChI is InChI=1S/C14H13FO2/c1-14(2,13(16)17)10-7-3-5-9-6-4-8-11(15)12(9)10/h3-8H,1-2H3,(H,16,17). The normalized spacial score (nSPS) is 11.7. The first-order valence-electron chi connectivity index (χ1n) is 5.35. The summed E-state index contributed by atoms with van der Waals surface area (Å²) in [6.45, 7) is 3.16. The topological polar surface area (TPSA) is 37.3 Å². The van der Waals surface area contributed by atoms with Gasteiger partial charge in [0.1, 0.15) is 5.82 Å². The van der Waals surface area contributed by atoms with Crippen LogP contribution in [0.15, 0.2) is 36.4 Å². The Labute approximate surface area is 98.7 Å². The van der Waals surface area contributed by atoms with Gasteiger partial charge in [0.25, 0.3) is 0 Å². The number of rotatable bonds is 2. The van der Waals surface area contributed by atoms with Gasteiger partial charge in [-0.15, -0.1) is 0 Å². The fourth-order valence-electron chi connectivity index (χ4n) is 1.93. The highest BCUT2D eigenvalue weighted by Gasteiger charge is 2.31. The van der Waals surface area contributed by atoms with Crippen LogP contribution in [0.1, 0.15) is 19.4 Å². The zero-order chi connectivity index (χ0) is 12.6. The highest BCUT2D eigenvalue weighted by Crippen LogP contribution is 2.32. The van der Waals surface area contributed by atoms with E-state index in [1.807, 2.05) is 0 Å². The molecule has 0 saturated heterocycles. The molecule has 0 spiro atoms. The van der Waals surface area contributed by atoms with Crippen LogP contribution in [0.25, 0.3) is 10.8 Å². The second-order valence-electron chi connectivity index (χ2n) is 4.57. The summed E-state index contributed by atoms with van der Waals surface area (Å²) >= 11 is 0. The maximum atomic E-state index is 13.8. The van der Waals surface area contributed by atoms with Crippen molar-refractivity contribution >= 4 is 16.7 Å². The van der Waals surface area contributed by atoms with Gasteiger partial charge in [0, 0.05) is 5.39 Å². The smallest absolute Gasteiger partial charge is 0.313 e. The number of benzene rings is 2. The highest BCUT2D eigenvalue weighted by atomic mass is 19.1. The third kappa shape index (κ3) is 1.78. The van der Waals surface area contributed by atoms with Crippen molar-refractivity contribution in [3.05, 3.63) is 47.8 Å².